The van der Waals surface area contributed by atoms with E-state index in [1.54, 1.807) is 6.92 Å². The molecule has 2 aromatic carbocycles. The molecule has 1 amide bonds. The Bertz CT molecular complexity index is 710. The van der Waals surface area contributed by atoms with Gasteiger partial charge in [0, 0.05) is 18.9 Å². The van der Waals surface area contributed by atoms with Crippen LogP contribution in [0.2, 0.25) is 0 Å². The highest BCUT2D eigenvalue weighted by molar-refractivity contribution is 5.76. The van der Waals surface area contributed by atoms with E-state index in [1.165, 1.54) is 5.56 Å². The lowest BCUT2D eigenvalue weighted by atomic mass is 9.98. The fourth-order valence-corrected chi connectivity index (χ4v) is 3.03. The molecule has 27 heavy (non-hydrogen) atoms. The van der Waals surface area contributed by atoms with Crippen LogP contribution in [0.4, 0.5) is 0 Å². The van der Waals surface area contributed by atoms with Crippen LogP contribution in [0, 0.1) is 0 Å². The lowest BCUT2D eigenvalue weighted by Gasteiger charge is -2.19. The molecule has 0 fully saturated rings. The zero-order chi connectivity index (χ0) is 19.5. The van der Waals surface area contributed by atoms with Crippen molar-refractivity contribution in [1.29, 1.82) is 0 Å². The summed E-state index contributed by atoms with van der Waals surface area (Å²) >= 11 is 0. The van der Waals surface area contributed by atoms with Gasteiger partial charge in [0.15, 0.2) is 0 Å². The molecular weight excluding hydrogens is 338 g/mol. The first-order valence-electron chi connectivity index (χ1n) is 9.71. The van der Waals surface area contributed by atoms with Gasteiger partial charge in [0.25, 0.3) is 0 Å². The number of nitrogens with one attached hydrogen (secondary N) is 1. The van der Waals surface area contributed by atoms with Crippen molar-refractivity contribution in [2.45, 2.75) is 52.0 Å². The smallest absolute Gasteiger partial charge is 0.305 e. The summed E-state index contributed by atoms with van der Waals surface area (Å²) in [7, 11) is 0. The lowest BCUT2D eigenvalue weighted by Crippen LogP contribution is -2.36. The fraction of sp³-hybridized carbons (Fsp3) is 0.391. The first kappa shape index (κ1) is 20.7. The molecule has 4 nitrogen and oxygen atoms in total. The molecule has 1 N–H and O–H groups in total. The maximum Gasteiger partial charge on any atom is 0.305 e. The zero-order valence-electron chi connectivity index (χ0n) is 16.2. The van der Waals surface area contributed by atoms with Crippen LogP contribution >= 0.6 is 0 Å². The Labute approximate surface area is 161 Å². The summed E-state index contributed by atoms with van der Waals surface area (Å²) in [5.41, 5.74) is 3.48. The van der Waals surface area contributed by atoms with Gasteiger partial charge in [-0.3, -0.25) is 9.59 Å². The van der Waals surface area contributed by atoms with E-state index in [4.69, 9.17) is 4.74 Å². The molecule has 0 aliphatic heterocycles. The van der Waals surface area contributed by atoms with Gasteiger partial charge in [-0.15, -0.1) is 0 Å². The number of carbonyl (C=O) groups is 2. The van der Waals surface area contributed by atoms with E-state index in [1.807, 2.05) is 25.1 Å². The van der Waals surface area contributed by atoms with Crippen molar-refractivity contribution in [3.8, 4) is 11.1 Å². The molecule has 1 unspecified atom stereocenters. The molecule has 0 spiro atoms. The van der Waals surface area contributed by atoms with Crippen LogP contribution in [0.5, 0.6) is 0 Å². The average Bonchev–Trinajstić information content (AvgIpc) is 2.68. The highest BCUT2D eigenvalue weighted by Gasteiger charge is 2.15. The van der Waals surface area contributed by atoms with Gasteiger partial charge in [0.2, 0.25) is 5.91 Å². The minimum Gasteiger partial charge on any atom is -0.466 e. The third-order valence-corrected chi connectivity index (χ3v) is 4.39. The van der Waals surface area contributed by atoms with Crippen LogP contribution in [0.15, 0.2) is 54.6 Å². The number of esters is 1. The normalized spacial score (nSPS) is 11.6. The SMILES string of the molecule is CCCC(=O)NC(CCC(=O)OCC)Cc1ccc(-c2ccccc2)cc1. The van der Waals surface area contributed by atoms with E-state index >= 15 is 0 Å². The summed E-state index contributed by atoms with van der Waals surface area (Å²) in [6.45, 7) is 4.16. The number of hydrogen-bond acceptors (Lipinski definition) is 3. The molecule has 2 rings (SSSR count). The molecule has 0 bridgehead atoms. The summed E-state index contributed by atoms with van der Waals surface area (Å²) in [6.07, 6.45) is 2.90. The number of ether oxygens (including phenoxy) is 1. The van der Waals surface area contributed by atoms with Crippen molar-refractivity contribution in [2.75, 3.05) is 6.61 Å². The second-order valence-electron chi connectivity index (χ2n) is 6.63. The average molecular weight is 367 g/mol. The van der Waals surface area contributed by atoms with Gasteiger partial charge in [0.1, 0.15) is 0 Å². The van der Waals surface area contributed by atoms with Gasteiger partial charge in [0.05, 0.1) is 6.61 Å². The molecule has 0 aromatic heterocycles. The lowest BCUT2D eigenvalue weighted by molar-refractivity contribution is -0.143. The highest BCUT2D eigenvalue weighted by atomic mass is 16.5. The third-order valence-electron chi connectivity index (χ3n) is 4.39. The largest absolute Gasteiger partial charge is 0.466 e. The minimum absolute atomic E-state index is 0.0345. The van der Waals surface area contributed by atoms with Crippen LogP contribution in [-0.2, 0) is 20.7 Å². The van der Waals surface area contributed by atoms with Crippen molar-refractivity contribution in [1.82, 2.24) is 5.32 Å². The topological polar surface area (TPSA) is 55.4 Å². The Kier molecular flexibility index (Phi) is 8.56. The van der Waals surface area contributed by atoms with Gasteiger partial charge >= 0.3 is 5.97 Å². The van der Waals surface area contributed by atoms with Crippen LogP contribution < -0.4 is 5.32 Å². The summed E-state index contributed by atoms with van der Waals surface area (Å²) in [5, 5.41) is 3.06. The van der Waals surface area contributed by atoms with Crippen molar-refractivity contribution in [2.24, 2.45) is 0 Å². The van der Waals surface area contributed by atoms with Gasteiger partial charge in [-0.2, -0.15) is 0 Å². The van der Waals surface area contributed by atoms with E-state index in [2.05, 4.69) is 41.7 Å². The molecular formula is C23H29NO3. The molecule has 0 saturated heterocycles. The van der Waals surface area contributed by atoms with Crippen LogP contribution in [0.3, 0.4) is 0 Å². The maximum atomic E-state index is 12.0. The van der Waals surface area contributed by atoms with Gasteiger partial charge in [-0.05, 0) is 42.9 Å². The predicted molar refractivity (Wildman–Crippen MR) is 108 cm³/mol. The Balaban J connectivity index is 2.01. The van der Waals surface area contributed by atoms with Crippen LogP contribution in [-0.4, -0.2) is 24.5 Å². The Morgan fingerprint density at radius 2 is 1.59 bits per heavy atom. The molecule has 144 valence electrons. The molecule has 0 aliphatic carbocycles. The van der Waals surface area contributed by atoms with Gasteiger partial charge in [-0.25, -0.2) is 0 Å². The molecule has 2 aromatic rings. The second kappa shape index (κ2) is 11.2. The van der Waals surface area contributed by atoms with Crippen molar-refractivity contribution < 1.29 is 14.3 Å². The first-order valence-corrected chi connectivity index (χ1v) is 9.71. The van der Waals surface area contributed by atoms with E-state index in [0.717, 1.165) is 17.5 Å². The predicted octanol–water partition coefficient (Wildman–Crippen LogP) is 4.52. The standard InChI is InChI=1S/C23H29NO3/c1-3-8-22(25)24-21(15-16-23(26)27-4-2)17-18-11-13-20(14-12-18)19-9-6-5-7-10-19/h5-7,9-14,21H,3-4,8,15-17H2,1-2H3,(H,24,25). The quantitative estimate of drug-likeness (QED) is 0.628. The molecule has 0 radical (unpaired) electrons. The second-order valence-corrected chi connectivity index (χ2v) is 6.63. The van der Waals surface area contributed by atoms with E-state index in [0.29, 0.717) is 32.3 Å². The maximum absolute atomic E-state index is 12.0. The van der Waals surface area contributed by atoms with Gasteiger partial charge in [-0.1, -0.05) is 61.5 Å². The number of benzene rings is 2. The zero-order valence-corrected chi connectivity index (χ0v) is 16.2. The number of hydrogen-bond donors (Lipinski definition) is 1. The van der Waals surface area contributed by atoms with Crippen LogP contribution in [0.1, 0.15) is 45.1 Å². The molecule has 0 aliphatic rings. The monoisotopic (exact) mass is 367 g/mol. The third kappa shape index (κ3) is 7.26. The molecule has 4 heteroatoms. The van der Waals surface area contributed by atoms with Crippen molar-refractivity contribution in [3.05, 3.63) is 60.2 Å². The van der Waals surface area contributed by atoms with Crippen molar-refractivity contribution >= 4 is 11.9 Å². The Morgan fingerprint density at radius 3 is 2.22 bits per heavy atom. The van der Waals surface area contributed by atoms with E-state index in [9.17, 15) is 9.59 Å². The van der Waals surface area contributed by atoms with Crippen LogP contribution in [0.25, 0.3) is 11.1 Å². The fourth-order valence-electron chi connectivity index (χ4n) is 3.03. The summed E-state index contributed by atoms with van der Waals surface area (Å²) < 4.78 is 5.01. The van der Waals surface area contributed by atoms with E-state index < -0.39 is 0 Å². The number of carbonyl (C=O) groups excluding carboxylic acids is 2. The Hall–Kier alpha value is -2.62. The highest BCUT2D eigenvalue weighted by Crippen LogP contribution is 2.20. The summed E-state index contributed by atoms with van der Waals surface area (Å²) in [6, 6.07) is 18.5. The summed E-state index contributed by atoms with van der Waals surface area (Å²) in [5.74, 6) is -0.182. The van der Waals surface area contributed by atoms with Gasteiger partial charge < -0.3 is 10.1 Å². The molecule has 1 atom stereocenters. The first-order chi connectivity index (χ1) is 13.1. The van der Waals surface area contributed by atoms with Crippen molar-refractivity contribution in [3.63, 3.8) is 0 Å². The molecule has 0 saturated carbocycles. The number of rotatable bonds is 10. The summed E-state index contributed by atoms with van der Waals surface area (Å²) in [4.78, 5) is 23.7. The number of amides is 1. The van der Waals surface area contributed by atoms with E-state index in [-0.39, 0.29) is 17.9 Å². The molecule has 0 heterocycles. The minimum atomic E-state index is -0.216. The Morgan fingerprint density at radius 1 is 0.926 bits per heavy atom.